The molecule has 0 aromatic rings. The maximum absolute atomic E-state index is 9.89. The van der Waals surface area contributed by atoms with Gasteiger partial charge in [-0.1, -0.05) is 0 Å². The van der Waals surface area contributed by atoms with Gasteiger partial charge in [0.05, 0.1) is 6.61 Å². The number of alkyl halides is 1. The Bertz CT molecular complexity index is 120. The Morgan fingerprint density at radius 2 is 2.40 bits per heavy atom. The highest BCUT2D eigenvalue weighted by Crippen LogP contribution is 2.29. The molecule has 0 saturated carbocycles. The van der Waals surface area contributed by atoms with Gasteiger partial charge >= 0.3 is 0 Å². The first kappa shape index (κ1) is 7.82. The van der Waals surface area contributed by atoms with Gasteiger partial charge < -0.3 is 9.47 Å². The van der Waals surface area contributed by atoms with Gasteiger partial charge in [-0.15, -0.1) is 0 Å². The zero-order valence-electron chi connectivity index (χ0n) is 5.51. The summed E-state index contributed by atoms with van der Waals surface area (Å²) in [6.07, 6.45) is 2.50. The molecule has 1 aliphatic rings. The van der Waals surface area contributed by atoms with Crippen LogP contribution in [-0.2, 0) is 14.3 Å². The van der Waals surface area contributed by atoms with Crippen molar-refractivity contribution in [3.63, 3.8) is 0 Å². The molecule has 0 spiro atoms. The molecule has 4 heteroatoms. The maximum Gasteiger partial charge on any atom is 0.296 e. The van der Waals surface area contributed by atoms with Gasteiger partial charge in [-0.3, -0.25) is 4.79 Å². The summed E-state index contributed by atoms with van der Waals surface area (Å²) in [5.74, 6) is 0. The van der Waals surface area contributed by atoms with Crippen LogP contribution in [0, 0.1) is 0 Å². The van der Waals surface area contributed by atoms with E-state index in [-0.39, 0.29) is 0 Å². The van der Waals surface area contributed by atoms with Gasteiger partial charge in [0.1, 0.15) is 0 Å². The summed E-state index contributed by atoms with van der Waals surface area (Å²) in [6, 6.07) is 0. The SMILES string of the molecule is O=COC1(Cl)CCCCO1. The smallest absolute Gasteiger partial charge is 0.296 e. The van der Waals surface area contributed by atoms with Crippen LogP contribution in [0.1, 0.15) is 19.3 Å². The normalized spacial score (nSPS) is 33.3. The number of ether oxygens (including phenoxy) is 2. The third-order valence-corrected chi connectivity index (χ3v) is 1.80. The van der Waals surface area contributed by atoms with Crippen molar-refractivity contribution in [1.29, 1.82) is 0 Å². The van der Waals surface area contributed by atoms with Crippen molar-refractivity contribution in [2.45, 2.75) is 24.5 Å². The van der Waals surface area contributed by atoms with Gasteiger partial charge in [0.2, 0.25) is 0 Å². The first-order valence-electron chi connectivity index (χ1n) is 3.21. The third-order valence-electron chi connectivity index (χ3n) is 1.41. The summed E-state index contributed by atoms with van der Waals surface area (Å²) in [7, 11) is 0. The van der Waals surface area contributed by atoms with Gasteiger partial charge in [-0.2, -0.15) is 0 Å². The number of hydrogen-bond donors (Lipinski definition) is 0. The van der Waals surface area contributed by atoms with Crippen LogP contribution in [0.2, 0.25) is 0 Å². The number of carbonyl (C=O) groups is 1. The number of halogens is 1. The second-order valence-electron chi connectivity index (χ2n) is 2.18. The van der Waals surface area contributed by atoms with E-state index < -0.39 is 5.25 Å². The zero-order chi connectivity index (χ0) is 7.45. The Morgan fingerprint density at radius 3 is 2.90 bits per heavy atom. The minimum atomic E-state index is -1.17. The Labute approximate surface area is 64.3 Å². The highest BCUT2D eigenvalue weighted by Gasteiger charge is 2.32. The minimum Gasteiger partial charge on any atom is -0.420 e. The fourth-order valence-electron chi connectivity index (χ4n) is 0.900. The molecule has 1 unspecified atom stereocenters. The van der Waals surface area contributed by atoms with Gasteiger partial charge in [-0.25, -0.2) is 0 Å². The summed E-state index contributed by atoms with van der Waals surface area (Å²) in [4.78, 5) is 9.89. The van der Waals surface area contributed by atoms with Crippen LogP contribution in [-0.4, -0.2) is 18.3 Å². The Hall–Kier alpha value is -0.280. The lowest BCUT2D eigenvalue weighted by atomic mass is 10.2. The lowest BCUT2D eigenvalue weighted by molar-refractivity contribution is -0.192. The summed E-state index contributed by atoms with van der Waals surface area (Å²) in [5, 5.41) is -1.17. The predicted molar refractivity (Wildman–Crippen MR) is 35.5 cm³/mol. The van der Waals surface area contributed by atoms with Gasteiger partial charge in [0, 0.05) is 6.42 Å². The Kier molecular flexibility index (Phi) is 2.51. The Morgan fingerprint density at radius 1 is 1.60 bits per heavy atom. The van der Waals surface area contributed by atoms with Crippen molar-refractivity contribution in [3.8, 4) is 0 Å². The monoisotopic (exact) mass is 164 g/mol. The summed E-state index contributed by atoms with van der Waals surface area (Å²) < 4.78 is 9.55. The van der Waals surface area contributed by atoms with Crippen molar-refractivity contribution in [2.75, 3.05) is 6.61 Å². The second-order valence-corrected chi connectivity index (χ2v) is 2.76. The number of rotatable bonds is 2. The molecular weight excluding hydrogens is 156 g/mol. The fourth-order valence-corrected chi connectivity index (χ4v) is 1.15. The Balaban J connectivity index is 2.39. The van der Waals surface area contributed by atoms with Crippen molar-refractivity contribution in [3.05, 3.63) is 0 Å². The molecular formula is C6H9ClO3. The van der Waals surface area contributed by atoms with Crippen LogP contribution in [0.5, 0.6) is 0 Å². The highest BCUT2D eigenvalue weighted by molar-refractivity contribution is 6.22. The van der Waals surface area contributed by atoms with E-state index in [9.17, 15) is 4.79 Å². The van der Waals surface area contributed by atoms with Crippen molar-refractivity contribution < 1.29 is 14.3 Å². The molecule has 0 bridgehead atoms. The van der Waals surface area contributed by atoms with Crippen LogP contribution in [0.25, 0.3) is 0 Å². The molecule has 10 heavy (non-hydrogen) atoms. The molecule has 1 atom stereocenters. The van der Waals surface area contributed by atoms with E-state index in [1.54, 1.807) is 0 Å². The molecule has 1 fully saturated rings. The van der Waals surface area contributed by atoms with Crippen molar-refractivity contribution in [2.24, 2.45) is 0 Å². The molecule has 0 N–H and O–H groups in total. The molecule has 3 nitrogen and oxygen atoms in total. The fraction of sp³-hybridized carbons (Fsp3) is 0.833. The zero-order valence-corrected chi connectivity index (χ0v) is 6.26. The van der Waals surface area contributed by atoms with Crippen LogP contribution in [0.3, 0.4) is 0 Å². The second kappa shape index (κ2) is 3.21. The topological polar surface area (TPSA) is 35.5 Å². The average molecular weight is 165 g/mol. The van der Waals surface area contributed by atoms with E-state index in [0.29, 0.717) is 19.5 Å². The standard InChI is InChI=1S/C6H9ClO3/c7-6(10-5-8)3-1-2-4-9-6/h5H,1-4H2. The molecule has 0 aromatic carbocycles. The first-order valence-corrected chi connectivity index (χ1v) is 3.59. The molecule has 0 aliphatic carbocycles. The molecule has 58 valence electrons. The number of hydrogen-bond acceptors (Lipinski definition) is 3. The quantitative estimate of drug-likeness (QED) is 0.455. The van der Waals surface area contributed by atoms with Crippen molar-refractivity contribution >= 4 is 18.1 Å². The highest BCUT2D eigenvalue weighted by atomic mass is 35.5. The largest absolute Gasteiger partial charge is 0.420 e. The van der Waals surface area contributed by atoms with Crippen LogP contribution < -0.4 is 0 Å². The van der Waals surface area contributed by atoms with E-state index in [0.717, 1.165) is 12.8 Å². The summed E-state index contributed by atoms with van der Waals surface area (Å²) in [5.41, 5.74) is 0. The molecule has 0 radical (unpaired) electrons. The lowest BCUT2D eigenvalue weighted by Gasteiger charge is -2.28. The lowest BCUT2D eigenvalue weighted by Crippen LogP contribution is -2.32. The number of carbonyl (C=O) groups excluding carboxylic acids is 1. The maximum atomic E-state index is 9.89. The summed E-state index contributed by atoms with van der Waals surface area (Å²) >= 11 is 5.70. The molecule has 1 heterocycles. The molecule has 0 amide bonds. The van der Waals surface area contributed by atoms with Gasteiger partial charge in [0.15, 0.2) is 0 Å². The average Bonchev–Trinajstić information content (AvgIpc) is 1.89. The van der Waals surface area contributed by atoms with E-state index in [1.807, 2.05) is 0 Å². The predicted octanol–water partition coefficient (Wildman–Crippen LogP) is 1.25. The van der Waals surface area contributed by atoms with E-state index >= 15 is 0 Å². The van der Waals surface area contributed by atoms with Gasteiger partial charge in [0.25, 0.3) is 11.7 Å². The molecule has 1 aliphatic heterocycles. The third kappa shape index (κ3) is 1.85. The van der Waals surface area contributed by atoms with Crippen LogP contribution >= 0.6 is 11.6 Å². The van der Waals surface area contributed by atoms with Crippen LogP contribution in [0.15, 0.2) is 0 Å². The van der Waals surface area contributed by atoms with Crippen LogP contribution in [0.4, 0.5) is 0 Å². The van der Waals surface area contributed by atoms with E-state index in [1.165, 1.54) is 0 Å². The molecule has 1 rings (SSSR count). The summed E-state index contributed by atoms with van der Waals surface area (Å²) in [6.45, 7) is 0.885. The molecule has 1 saturated heterocycles. The molecule has 0 aromatic heterocycles. The minimum absolute atomic E-state index is 0.318. The van der Waals surface area contributed by atoms with E-state index in [2.05, 4.69) is 4.74 Å². The van der Waals surface area contributed by atoms with E-state index in [4.69, 9.17) is 16.3 Å². The van der Waals surface area contributed by atoms with Gasteiger partial charge in [-0.05, 0) is 24.4 Å². The van der Waals surface area contributed by atoms with Crippen molar-refractivity contribution in [1.82, 2.24) is 0 Å². The first-order chi connectivity index (χ1) is 4.77.